The lowest BCUT2D eigenvalue weighted by molar-refractivity contribution is -0.00461. The summed E-state index contributed by atoms with van der Waals surface area (Å²) in [5.74, 6) is -0.508. The van der Waals surface area contributed by atoms with Crippen LogP contribution >= 0.6 is 11.3 Å². The van der Waals surface area contributed by atoms with E-state index in [2.05, 4.69) is 4.98 Å². The van der Waals surface area contributed by atoms with E-state index >= 15 is 0 Å². The second kappa shape index (κ2) is 5.04. The smallest absolute Gasteiger partial charge is 0.356 e. The van der Waals surface area contributed by atoms with Crippen LogP contribution in [-0.2, 0) is 9.47 Å². The molecule has 20 heavy (non-hydrogen) atoms. The Balaban J connectivity index is 2.00. The average molecular weight is 297 g/mol. The van der Waals surface area contributed by atoms with E-state index in [4.69, 9.17) is 9.47 Å². The van der Waals surface area contributed by atoms with Crippen LogP contribution in [0.4, 0.5) is 5.82 Å². The minimum Gasteiger partial charge on any atom is -0.476 e. The molecule has 0 radical (unpaired) electrons. The van der Waals surface area contributed by atoms with E-state index in [9.17, 15) is 9.90 Å². The summed E-state index contributed by atoms with van der Waals surface area (Å²) in [6.07, 6.45) is 1.56. The van der Waals surface area contributed by atoms with Gasteiger partial charge < -0.3 is 19.5 Å². The predicted octanol–water partition coefficient (Wildman–Crippen LogP) is 0.944. The van der Waals surface area contributed by atoms with Crippen molar-refractivity contribution in [1.82, 2.24) is 9.38 Å². The maximum atomic E-state index is 11.5. The molecule has 0 spiro atoms. The van der Waals surface area contributed by atoms with Crippen LogP contribution in [0.3, 0.4) is 0 Å². The molecule has 2 aromatic heterocycles. The van der Waals surface area contributed by atoms with E-state index in [0.29, 0.717) is 23.9 Å². The average Bonchev–Trinajstić information content (AvgIpc) is 3.09. The molecule has 3 heterocycles. The number of thiazole rings is 1. The summed E-state index contributed by atoms with van der Waals surface area (Å²) in [6, 6.07) is 0. The molecular weight excluding hydrogens is 282 g/mol. The van der Waals surface area contributed by atoms with Crippen LogP contribution in [0.15, 0.2) is 11.6 Å². The number of nitrogens with zero attached hydrogens (tertiary/aromatic N) is 3. The highest BCUT2D eigenvalue weighted by atomic mass is 32.1. The Bertz CT molecular complexity index is 626. The van der Waals surface area contributed by atoms with Crippen LogP contribution < -0.4 is 4.90 Å². The van der Waals surface area contributed by atoms with E-state index in [0.717, 1.165) is 0 Å². The predicted molar refractivity (Wildman–Crippen MR) is 73.8 cm³/mol. The van der Waals surface area contributed by atoms with Gasteiger partial charge in [-0.05, 0) is 0 Å². The first-order chi connectivity index (χ1) is 9.65. The van der Waals surface area contributed by atoms with Gasteiger partial charge in [0.15, 0.2) is 16.5 Å². The second-order valence-electron chi connectivity index (χ2n) is 4.60. The van der Waals surface area contributed by atoms with Crippen LogP contribution in [-0.4, -0.2) is 60.0 Å². The number of methoxy groups -OCH3 is 2. The quantitative estimate of drug-likeness (QED) is 0.905. The highest BCUT2D eigenvalue weighted by Crippen LogP contribution is 2.28. The third kappa shape index (κ3) is 1.96. The molecule has 1 saturated heterocycles. The molecule has 8 heteroatoms. The van der Waals surface area contributed by atoms with Gasteiger partial charge in [-0.15, -0.1) is 11.3 Å². The van der Waals surface area contributed by atoms with Gasteiger partial charge in [0.1, 0.15) is 12.2 Å². The number of hydrogen-bond donors (Lipinski definition) is 1. The number of fused-ring (bicyclic) bond motifs is 1. The lowest BCUT2D eigenvalue weighted by atomic mass is 10.3. The van der Waals surface area contributed by atoms with Gasteiger partial charge in [-0.3, -0.25) is 4.40 Å². The monoisotopic (exact) mass is 297 g/mol. The lowest BCUT2D eigenvalue weighted by Crippen LogP contribution is -2.27. The van der Waals surface area contributed by atoms with Crippen LogP contribution in [0.25, 0.3) is 4.96 Å². The molecule has 1 aliphatic heterocycles. The van der Waals surface area contributed by atoms with Gasteiger partial charge in [0.05, 0.1) is 0 Å². The molecule has 0 bridgehead atoms. The first-order valence-corrected chi connectivity index (χ1v) is 7.03. The van der Waals surface area contributed by atoms with Crippen molar-refractivity contribution in [3.05, 3.63) is 17.3 Å². The zero-order chi connectivity index (χ0) is 14.3. The fourth-order valence-electron chi connectivity index (χ4n) is 2.56. The Labute approximate surface area is 119 Å². The Hall–Kier alpha value is -1.64. The van der Waals surface area contributed by atoms with Crippen molar-refractivity contribution in [3.8, 4) is 0 Å². The number of carboxylic acids is 1. The van der Waals surface area contributed by atoms with E-state index in [-0.39, 0.29) is 17.9 Å². The number of carbonyl (C=O) groups is 1. The molecule has 2 atom stereocenters. The van der Waals surface area contributed by atoms with Gasteiger partial charge in [0.25, 0.3) is 0 Å². The molecule has 0 aromatic carbocycles. The SMILES string of the molecule is COC1CN(c2nc3sccn3c2C(=O)O)CC1OC. The third-order valence-electron chi connectivity index (χ3n) is 3.57. The summed E-state index contributed by atoms with van der Waals surface area (Å²) in [4.78, 5) is 18.5. The Morgan fingerprint density at radius 1 is 1.40 bits per heavy atom. The maximum Gasteiger partial charge on any atom is 0.356 e. The molecule has 2 aromatic rings. The number of ether oxygens (including phenoxy) is 2. The summed E-state index contributed by atoms with van der Waals surface area (Å²) < 4.78 is 12.4. The maximum absolute atomic E-state index is 11.5. The van der Waals surface area contributed by atoms with Crippen LogP contribution in [0.2, 0.25) is 0 Å². The summed E-state index contributed by atoms with van der Waals surface area (Å²) in [5.41, 5.74) is 0.188. The van der Waals surface area contributed by atoms with Crippen LogP contribution in [0, 0.1) is 0 Å². The first-order valence-electron chi connectivity index (χ1n) is 6.15. The topological polar surface area (TPSA) is 76.3 Å². The van der Waals surface area contributed by atoms with Gasteiger partial charge >= 0.3 is 5.97 Å². The van der Waals surface area contributed by atoms with E-state index < -0.39 is 5.97 Å². The second-order valence-corrected chi connectivity index (χ2v) is 5.47. The molecule has 1 aliphatic rings. The highest BCUT2D eigenvalue weighted by Gasteiger charge is 2.36. The van der Waals surface area contributed by atoms with Gasteiger partial charge in [-0.2, -0.15) is 0 Å². The minimum atomic E-state index is -0.985. The van der Waals surface area contributed by atoms with E-state index in [1.807, 2.05) is 10.3 Å². The van der Waals surface area contributed by atoms with Crippen molar-refractivity contribution in [3.63, 3.8) is 0 Å². The zero-order valence-corrected chi connectivity index (χ0v) is 12.0. The van der Waals surface area contributed by atoms with Crippen molar-refractivity contribution >= 4 is 28.1 Å². The number of imidazole rings is 1. The standard InChI is InChI=1S/C12H15N3O4S/c1-18-7-5-14(6-8(7)19-2)10-9(11(16)17)15-3-4-20-12(15)13-10/h3-4,7-8H,5-6H2,1-2H3,(H,16,17). The van der Waals surface area contributed by atoms with Crippen LogP contribution in [0.1, 0.15) is 10.5 Å². The van der Waals surface area contributed by atoms with E-state index in [1.165, 1.54) is 11.3 Å². The van der Waals surface area contributed by atoms with Gasteiger partial charge in [0, 0.05) is 38.9 Å². The number of hydrogen-bond acceptors (Lipinski definition) is 6. The van der Waals surface area contributed by atoms with Crippen molar-refractivity contribution < 1.29 is 19.4 Å². The number of aromatic carboxylic acids is 1. The molecule has 1 N–H and O–H groups in total. The number of rotatable bonds is 4. The zero-order valence-electron chi connectivity index (χ0n) is 11.1. The minimum absolute atomic E-state index is 0.0821. The summed E-state index contributed by atoms with van der Waals surface area (Å²) in [5, 5.41) is 11.2. The first kappa shape index (κ1) is 13.3. The van der Waals surface area contributed by atoms with Crippen molar-refractivity contribution in [2.75, 3.05) is 32.2 Å². The lowest BCUT2D eigenvalue weighted by Gasteiger charge is -2.15. The Kier molecular flexibility index (Phi) is 3.36. The molecule has 0 saturated carbocycles. The summed E-state index contributed by atoms with van der Waals surface area (Å²) in [6.45, 7) is 1.14. The normalized spacial score (nSPS) is 22.8. The molecule has 2 unspecified atom stereocenters. The molecule has 0 aliphatic carbocycles. The number of anilines is 1. The van der Waals surface area contributed by atoms with Crippen molar-refractivity contribution in [2.45, 2.75) is 12.2 Å². The Morgan fingerprint density at radius 3 is 2.60 bits per heavy atom. The number of aromatic nitrogens is 2. The van der Waals surface area contributed by atoms with Gasteiger partial charge in [-0.25, -0.2) is 9.78 Å². The molecular formula is C12H15N3O4S. The van der Waals surface area contributed by atoms with Gasteiger partial charge in [-0.1, -0.05) is 0 Å². The molecule has 1 fully saturated rings. The van der Waals surface area contributed by atoms with Crippen molar-refractivity contribution in [1.29, 1.82) is 0 Å². The molecule has 0 amide bonds. The van der Waals surface area contributed by atoms with Crippen molar-refractivity contribution in [2.24, 2.45) is 0 Å². The third-order valence-corrected chi connectivity index (χ3v) is 4.32. The van der Waals surface area contributed by atoms with Gasteiger partial charge in [0.2, 0.25) is 0 Å². The fraction of sp³-hybridized carbons (Fsp3) is 0.500. The van der Waals surface area contributed by atoms with Crippen LogP contribution in [0.5, 0.6) is 0 Å². The van der Waals surface area contributed by atoms with E-state index in [1.54, 1.807) is 24.8 Å². The Morgan fingerprint density at radius 2 is 2.05 bits per heavy atom. The largest absolute Gasteiger partial charge is 0.476 e. The molecule has 108 valence electrons. The summed E-state index contributed by atoms with van der Waals surface area (Å²) in [7, 11) is 3.26. The molecule has 7 nitrogen and oxygen atoms in total. The number of carboxylic acid groups (broad SMARTS) is 1. The summed E-state index contributed by atoms with van der Waals surface area (Å²) >= 11 is 1.41. The fourth-order valence-corrected chi connectivity index (χ4v) is 3.27. The highest BCUT2D eigenvalue weighted by molar-refractivity contribution is 7.15. The molecule has 3 rings (SSSR count).